The fourth-order valence-electron chi connectivity index (χ4n) is 2.60. The van der Waals surface area contributed by atoms with E-state index in [0.29, 0.717) is 22.7 Å². The van der Waals surface area contributed by atoms with Crippen molar-refractivity contribution in [3.05, 3.63) is 53.7 Å². The number of H-pyrrole nitrogens is 1. The Morgan fingerprint density at radius 2 is 1.95 bits per heavy atom. The second kappa shape index (κ2) is 4.80. The molecule has 22 heavy (non-hydrogen) atoms. The van der Waals surface area contributed by atoms with E-state index in [9.17, 15) is 4.79 Å². The van der Waals surface area contributed by atoms with Crippen molar-refractivity contribution in [1.29, 1.82) is 0 Å². The van der Waals surface area contributed by atoms with Crippen LogP contribution in [0.15, 0.2) is 42.5 Å². The highest BCUT2D eigenvalue weighted by Gasteiger charge is 2.15. The molecule has 0 spiro atoms. The van der Waals surface area contributed by atoms with Gasteiger partial charge in [-0.3, -0.25) is 4.79 Å². The Morgan fingerprint density at radius 1 is 1.09 bits per heavy atom. The lowest BCUT2D eigenvalue weighted by atomic mass is 10.1. The van der Waals surface area contributed by atoms with Crippen molar-refractivity contribution in [1.82, 2.24) is 4.98 Å². The first-order valence-corrected chi connectivity index (χ1v) is 6.99. The highest BCUT2D eigenvalue weighted by atomic mass is 16.7. The van der Waals surface area contributed by atoms with Crippen LogP contribution in [0.1, 0.15) is 16.1 Å². The molecule has 0 saturated heterocycles. The molecule has 5 nitrogen and oxygen atoms in total. The van der Waals surface area contributed by atoms with Gasteiger partial charge in [-0.15, -0.1) is 0 Å². The van der Waals surface area contributed by atoms with Crippen LogP contribution in [0.4, 0.5) is 5.69 Å². The molecule has 0 saturated carbocycles. The van der Waals surface area contributed by atoms with Gasteiger partial charge < -0.3 is 19.8 Å². The molecule has 1 aliphatic rings. The maximum absolute atomic E-state index is 12.4. The van der Waals surface area contributed by atoms with Crippen LogP contribution in [-0.2, 0) is 0 Å². The maximum Gasteiger partial charge on any atom is 0.255 e. The van der Waals surface area contributed by atoms with E-state index >= 15 is 0 Å². The largest absolute Gasteiger partial charge is 0.454 e. The predicted molar refractivity (Wildman–Crippen MR) is 83.6 cm³/mol. The molecule has 2 N–H and O–H groups in total. The van der Waals surface area contributed by atoms with Crippen LogP contribution in [0, 0.1) is 6.92 Å². The fourth-order valence-corrected chi connectivity index (χ4v) is 2.60. The van der Waals surface area contributed by atoms with Crippen molar-refractivity contribution in [3.8, 4) is 11.5 Å². The Hall–Kier alpha value is -2.95. The van der Waals surface area contributed by atoms with E-state index in [4.69, 9.17) is 9.47 Å². The van der Waals surface area contributed by atoms with E-state index in [1.165, 1.54) is 0 Å². The summed E-state index contributed by atoms with van der Waals surface area (Å²) in [6, 6.07) is 13.0. The van der Waals surface area contributed by atoms with Crippen LogP contribution in [0.5, 0.6) is 11.5 Å². The van der Waals surface area contributed by atoms with Crippen LogP contribution >= 0.6 is 0 Å². The first-order chi connectivity index (χ1) is 10.7. The molecule has 0 radical (unpaired) electrons. The fraction of sp³-hybridized carbons (Fsp3) is 0.118. The minimum atomic E-state index is -0.153. The van der Waals surface area contributed by atoms with Crippen molar-refractivity contribution in [2.75, 3.05) is 12.1 Å². The molecule has 110 valence electrons. The third kappa shape index (κ3) is 2.16. The molecule has 1 aromatic heterocycles. The number of aryl methyl sites for hydroxylation is 1. The molecular weight excluding hydrogens is 280 g/mol. The summed E-state index contributed by atoms with van der Waals surface area (Å²) in [5.74, 6) is 1.19. The van der Waals surface area contributed by atoms with Gasteiger partial charge in [0.25, 0.3) is 5.91 Å². The normalized spacial score (nSPS) is 12.6. The second-order valence-corrected chi connectivity index (χ2v) is 5.28. The standard InChI is InChI=1S/C17H14N2O3/c1-10-6-12-7-11(2-4-14(12)18-10)17(20)19-13-3-5-15-16(8-13)22-9-21-15/h2-8,18H,9H2,1H3,(H,19,20). The Bertz CT molecular complexity index is 883. The summed E-state index contributed by atoms with van der Waals surface area (Å²) in [4.78, 5) is 15.6. The van der Waals surface area contributed by atoms with E-state index in [2.05, 4.69) is 10.3 Å². The molecule has 4 rings (SSSR count). The van der Waals surface area contributed by atoms with Crippen LogP contribution in [-0.4, -0.2) is 17.7 Å². The first-order valence-electron chi connectivity index (χ1n) is 6.99. The average molecular weight is 294 g/mol. The lowest BCUT2D eigenvalue weighted by molar-refractivity contribution is 0.102. The molecule has 0 aliphatic carbocycles. The van der Waals surface area contributed by atoms with Gasteiger partial charge >= 0.3 is 0 Å². The summed E-state index contributed by atoms with van der Waals surface area (Å²) in [5, 5.41) is 3.90. The van der Waals surface area contributed by atoms with Crippen LogP contribution < -0.4 is 14.8 Å². The topological polar surface area (TPSA) is 63.4 Å². The number of benzene rings is 2. The van der Waals surface area contributed by atoms with Gasteiger partial charge in [0.2, 0.25) is 6.79 Å². The Morgan fingerprint density at radius 3 is 2.86 bits per heavy atom. The Balaban J connectivity index is 1.60. The number of aromatic nitrogens is 1. The summed E-state index contributed by atoms with van der Waals surface area (Å²) in [6.07, 6.45) is 0. The summed E-state index contributed by atoms with van der Waals surface area (Å²) in [6.45, 7) is 2.21. The number of carbonyl (C=O) groups excluding carboxylic acids is 1. The smallest absolute Gasteiger partial charge is 0.255 e. The number of aromatic amines is 1. The molecule has 1 aliphatic heterocycles. The molecule has 1 amide bonds. The Labute approximate surface area is 126 Å². The molecule has 0 unspecified atom stereocenters. The maximum atomic E-state index is 12.4. The minimum Gasteiger partial charge on any atom is -0.454 e. The zero-order valence-electron chi connectivity index (χ0n) is 12.0. The number of amides is 1. The van der Waals surface area contributed by atoms with Crippen LogP contribution in [0.2, 0.25) is 0 Å². The number of nitrogens with one attached hydrogen (secondary N) is 2. The first kappa shape index (κ1) is 12.8. The van der Waals surface area contributed by atoms with Crippen molar-refractivity contribution in [2.45, 2.75) is 6.92 Å². The number of rotatable bonds is 2. The molecular formula is C17H14N2O3. The van der Waals surface area contributed by atoms with Gasteiger partial charge in [-0.2, -0.15) is 0 Å². The molecule has 2 aromatic carbocycles. The third-order valence-corrected chi connectivity index (χ3v) is 3.65. The van der Waals surface area contributed by atoms with Gasteiger partial charge in [0.05, 0.1) is 0 Å². The highest BCUT2D eigenvalue weighted by molar-refractivity contribution is 6.06. The van der Waals surface area contributed by atoms with Crippen molar-refractivity contribution >= 4 is 22.5 Å². The summed E-state index contributed by atoms with van der Waals surface area (Å²) in [5.41, 5.74) is 3.39. The highest BCUT2D eigenvalue weighted by Crippen LogP contribution is 2.34. The zero-order chi connectivity index (χ0) is 15.1. The quantitative estimate of drug-likeness (QED) is 0.761. The third-order valence-electron chi connectivity index (χ3n) is 3.65. The predicted octanol–water partition coefficient (Wildman–Crippen LogP) is 3.46. The van der Waals surface area contributed by atoms with E-state index < -0.39 is 0 Å². The molecule has 3 aromatic rings. The van der Waals surface area contributed by atoms with Crippen LogP contribution in [0.25, 0.3) is 10.9 Å². The summed E-state index contributed by atoms with van der Waals surface area (Å²) in [7, 11) is 0. The molecule has 0 atom stereocenters. The van der Waals surface area contributed by atoms with E-state index in [1.807, 2.05) is 25.1 Å². The molecule has 0 fully saturated rings. The van der Waals surface area contributed by atoms with Gasteiger partial charge in [-0.25, -0.2) is 0 Å². The van der Waals surface area contributed by atoms with Crippen molar-refractivity contribution in [3.63, 3.8) is 0 Å². The molecule has 0 bridgehead atoms. The van der Waals surface area contributed by atoms with E-state index in [-0.39, 0.29) is 12.7 Å². The summed E-state index contributed by atoms with van der Waals surface area (Å²) >= 11 is 0. The van der Waals surface area contributed by atoms with Crippen LogP contribution in [0.3, 0.4) is 0 Å². The molecule has 2 heterocycles. The number of hydrogen-bond acceptors (Lipinski definition) is 3. The van der Waals surface area contributed by atoms with Gasteiger partial charge in [0.15, 0.2) is 11.5 Å². The SMILES string of the molecule is Cc1cc2cc(C(=O)Nc3ccc4c(c3)OCO4)ccc2[nH]1. The van der Waals surface area contributed by atoms with Crippen molar-refractivity contribution < 1.29 is 14.3 Å². The van der Waals surface area contributed by atoms with E-state index in [0.717, 1.165) is 16.6 Å². The number of anilines is 1. The minimum absolute atomic E-state index is 0.153. The lowest BCUT2D eigenvalue weighted by Crippen LogP contribution is -2.11. The number of fused-ring (bicyclic) bond motifs is 2. The van der Waals surface area contributed by atoms with Gasteiger partial charge in [0.1, 0.15) is 0 Å². The summed E-state index contributed by atoms with van der Waals surface area (Å²) < 4.78 is 10.6. The van der Waals surface area contributed by atoms with Gasteiger partial charge in [0, 0.05) is 33.9 Å². The van der Waals surface area contributed by atoms with Gasteiger partial charge in [-0.05, 0) is 43.3 Å². The van der Waals surface area contributed by atoms with Gasteiger partial charge in [-0.1, -0.05) is 0 Å². The number of hydrogen-bond donors (Lipinski definition) is 2. The Kier molecular flexibility index (Phi) is 2.79. The lowest BCUT2D eigenvalue weighted by Gasteiger charge is -2.06. The monoisotopic (exact) mass is 294 g/mol. The molecule has 5 heteroatoms. The number of carbonyl (C=O) groups is 1. The number of ether oxygens (including phenoxy) is 2. The zero-order valence-corrected chi connectivity index (χ0v) is 12.0. The van der Waals surface area contributed by atoms with Crippen molar-refractivity contribution in [2.24, 2.45) is 0 Å². The second-order valence-electron chi connectivity index (χ2n) is 5.28. The average Bonchev–Trinajstić information content (AvgIpc) is 3.10. The van der Waals surface area contributed by atoms with E-state index in [1.54, 1.807) is 24.3 Å².